The summed E-state index contributed by atoms with van der Waals surface area (Å²) in [7, 11) is -4.23. The maximum absolute atomic E-state index is 12.2. The third kappa shape index (κ3) is 4.02. The van der Waals surface area contributed by atoms with Crippen LogP contribution in [0.5, 0.6) is 0 Å². The number of fused-ring (bicyclic) bond motifs is 1. The van der Waals surface area contributed by atoms with Crippen LogP contribution in [0.4, 0.5) is 5.82 Å². The summed E-state index contributed by atoms with van der Waals surface area (Å²) in [6.07, 6.45) is 7.41. The molecule has 4 rings (SSSR count). The highest BCUT2D eigenvalue weighted by Gasteiger charge is 2.25. The molecule has 0 fully saturated rings. The molecule has 30 heavy (non-hydrogen) atoms. The van der Waals surface area contributed by atoms with Crippen LogP contribution in [0.15, 0.2) is 49.1 Å². The first-order valence-corrected chi connectivity index (χ1v) is 10.6. The van der Waals surface area contributed by atoms with Crippen LogP contribution in [0, 0.1) is 12.8 Å². The largest absolute Gasteiger partial charge is 0.382 e. The van der Waals surface area contributed by atoms with Crippen LogP contribution >= 0.6 is 0 Å². The highest BCUT2D eigenvalue weighted by molar-refractivity contribution is 7.85. The van der Waals surface area contributed by atoms with Crippen LogP contribution in [-0.2, 0) is 14.5 Å². The fraction of sp³-hybridized carbons (Fsp3) is 0.263. The first-order valence-electron chi connectivity index (χ1n) is 9.22. The second-order valence-electron chi connectivity index (χ2n) is 7.02. The molecule has 0 radical (unpaired) electrons. The fourth-order valence-electron chi connectivity index (χ4n) is 3.40. The van der Waals surface area contributed by atoms with Gasteiger partial charge in [-0.05, 0) is 25.0 Å². The average molecular weight is 428 g/mol. The summed E-state index contributed by atoms with van der Waals surface area (Å²) >= 11 is 0. The van der Waals surface area contributed by atoms with E-state index in [1.807, 2.05) is 21.4 Å². The Bertz CT molecular complexity index is 1240. The number of aromatic nitrogens is 4. The van der Waals surface area contributed by atoms with Gasteiger partial charge in [-0.15, -0.1) is 0 Å². The number of rotatable bonds is 6. The predicted molar refractivity (Wildman–Crippen MR) is 110 cm³/mol. The lowest BCUT2D eigenvalue weighted by atomic mass is 10.1. The van der Waals surface area contributed by atoms with Gasteiger partial charge >= 0.3 is 10.3 Å². The Morgan fingerprint density at radius 2 is 2.07 bits per heavy atom. The lowest BCUT2D eigenvalue weighted by molar-refractivity contribution is 0.0974. The quantitative estimate of drug-likeness (QED) is 0.563. The van der Waals surface area contributed by atoms with Crippen molar-refractivity contribution in [3.8, 4) is 0 Å². The fourth-order valence-corrected chi connectivity index (χ4v) is 4.15. The molecule has 0 saturated carbocycles. The summed E-state index contributed by atoms with van der Waals surface area (Å²) in [5.74, 6) is -0.581. The number of benzene rings is 1. The molecule has 1 amide bonds. The van der Waals surface area contributed by atoms with Crippen LogP contribution in [-0.4, -0.2) is 40.5 Å². The van der Waals surface area contributed by atoms with Crippen molar-refractivity contribution in [3.05, 3.63) is 60.2 Å². The average Bonchev–Trinajstić information content (AvgIpc) is 3.34. The molecule has 0 saturated heterocycles. The molecule has 0 spiro atoms. The molecule has 10 nitrogen and oxygen atoms in total. The van der Waals surface area contributed by atoms with Crippen molar-refractivity contribution in [2.45, 2.75) is 19.4 Å². The molecule has 1 aliphatic rings. The number of carbonyl (C=O) groups is 1. The van der Waals surface area contributed by atoms with Crippen molar-refractivity contribution in [2.75, 3.05) is 12.3 Å². The lowest BCUT2D eigenvalue weighted by Gasteiger charge is -2.14. The number of aryl methyl sites for hydroxylation is 1. The van der Waals surface area contributed by atoms with Crippen LogP contribution in [0.3, 0.4) is 0 Å². The number of amides is 1. The van der Waals surface area contributed by atoms with Crippen molar-refractivity contribution in [3.63, 3.8) is 0 Å². The van der Waals surface area contributed by atoms with E-state index in [1.165, 1.54) is 6.33 Å². The summed E-state index contributed by atoms with van der Waals surface area (Å²) < 4.78 is 33.2. The smallest absolute Gasteiger partial charge is 0.362 e. The Morgan fingerprint density at radius 1 is 1.27 bits per heavy atom. The zero-order valence-electron chi connectivity index (χ0n) is 16.1. The topological polar surface area (TPSA) is 142 Å². The van der Waals surface area contributed by atoms with Crippen LogP contribution in [0.2, 0.25) is 0 Å². The molecule has 0 unspecified atom stereocenters. The van der Waals surface area contributed by atoms with Crippen molar-refractivity contribution in [1.82, 2.24) is 24.2 Å². The number of nitrogens with two attached hydrogens (primary N) is 1. The highest BCUT2D eigenvalue weighted by Crippen LogP contribution is 2.30. The molecule has 3 aromatic rings. The minimum absolute atomic E-state index is 0.0674. The van der Waals surface area contributed by atoms with Gasteiger partial charge in [-0.3, -0.25) is 8.98 Å². The SMILES string of the molecule is Cc1ccccc1C(=O)NS(=O)(=O)OC[C@@H]1C=C[C@H](n2cnc3c(N)ncnc32)C1. The highest BCUT2D eigenvalue weighted by atomic mass is 32.2. The van der Waals surface area contributed by atoms with Gasteiger partial charge in [-0.25, -0.2) is 19.7 Å². The Balaban J connectivity index is 1.37. The van der Waals surface area contributed by atoms with Gasteiger partial charge in [0, 0.05) is 11.5 Å². The van der Waals surface area contributed by atoms with E-state index in [2.05, 4.69) is 15.0 Å². The summed E-state index contributed by atoms with van der Waals surface area (Å²) in [5.41, 5.74) is 7.89. The van der Waals surface area contributed by atoms with E-state index in [0.717, 1.165) is 0 Å². The van der Waals surface area contributed by atoms with Crippen LogP contribution in [0.1, 0.15) is 28.4 Å². The second kappa shape index (κ2) is 7.84. The summed E-state index contributed by atoms with van der Waals surface area (Å²) in [4.78, 5) is 24.6. The van der Waals surface area contributed by atoms with Gasteiger partial charge in [0.2, 0.25) is 0 Å². The van der Waals surface area contributed by atoms with Gasteiger partial charge in [0.1, 0.15) is 11.8 Å². The third-order valence-electron chi connectivity index (χ3n) is 4.94. The van der Waals surface area contributed by atoms with E-state index in [0.29, 0.717) is 29.0 Å². The molecular weight excluding hydrogens is 408 g/mol. The molecule has 11 heteroatoms. The van der Waals surface area contributed by atoms with Crippen molar-refractivity contribution < 1.29 is 17.4 Å². The molecule has 156 valence electrons. The first kappa shape index (κ1) is 20.0. The van der Waals surface area contributed by atoms with E-state index in [-0.39, 0.29) is 24.1 Å². The number of allylic oxidation sites excluding steroid dienone is 1. The van der Waals surface area contributed by atoms with Gasteiger partial charge in [0.15, 0.2) is 11.5 Å². The number of nitrogens with one attached hydrogen (secondary N) is 1. The summed E-state index contributed by atoms with van der Waals surface area (Å²) in [6.45, 7) is 1.64. The maximum Gasteiger partial charge on any atom is 0.362 e. The third-order valence-corrected chi connectivity index (χ3v) is 5.82. The number of hydrogen-bond donors (Lipinski definition) is 2. The standard InChI is InChI=1S/C19H20N6O4S/c1-12-4-2-3-5-15(12)19(26)24-30(27,28)29-9-13-6-7-14(8-13)25-11-23-16-17(20)21-10-22-18(16)25/h2-7,10-11,13-14H,8-9H2,1H3,(H,24,26)(H2,20,21,22)/t13-,14+/m1/s1. The Kier molecular flexibility index (Phi) is 5.22. The Hall–Kier alpha value is -3.31. The van der Waals surface area contributed by atoms with Gasteiger partial charge in [0.25, 0.3) is 5.91 Å². The summed E-state index contributed by atoms with van der Waals surface area (Å²) in [6, 6.07) is 6.64. The number of carbonyl (C=O) groups excluding carboxylic acids is 1. The van der Waals surface area contributed by atoms with Crippen LogP contribution in [0.25, 0.3) is 11.2 Å². The molecule has 0 bridgehead atoms. The van der Waals surface area contributed by atoms with Gasteiger partial charge in [-0.2, -0.15) is 8.42 Å². The van der Waals surface area contributed by atoms with E-state index in [9.17, 15) is 13.2 Å². The minimum Gasteiger partial charge on any atom is -0.382 e. The number of hydrogen-bond acceptors (Lipinski definition) is 8. The normalized spacial score (nSPS) is 18.7. The molecular formula is C19H20N6O4S. The number of nitrogen functional groups attached to an aromatic ring is 1. The van der Waals surface area contributed by atoms with E-state index >= 15 is 0 Å². The lowest BCUT2D eigenvalue weighted by Crippen LogP contribution is -2.33. The maximum atomic E-state index is 12.2. The molecule has 1 aliphatic carbocycles. The Labute approximate surface area is 173 Å². The van der Waals surface area contributed by atoms with E-state index in [1.54, 1.807) is 37.5 Å². The number of nitrogens with zero attached hydrogens (tertiary/aromatic N) is 4. The minimum atomic E-state index is -4.23. The van der Waals surface area contributed by atoms with Crippen molar-refractivity contribution in [2.24, 2.45) is 5.92 Å². The van der Waals surface area contributed by atoms with Gasteiger partial charge < -0.3 is 10.3 Å². The molecule has 3 N–H and O–H groups in total. The number of anilines is 1. The predicted octanol–water partition coefficient (Wildman–Crippen LogP) is 1.53. The molecule has 2 aromatic heterocycles. The second-order valence-corrected chi connectivity index (χ2v) is 8.36. The molecule has 0 aliphatic heterocycles. The zero-order valence-corrected chi connectivity index (χ0v) is 16.9. The Morgan fingerprint density at radius 3 is 2.87 bits per heavy atom. The van der Waals surface area contributed by atoms with Crippen molar-refractivity contribution >= 4 is 33.2 Å². The monoisotopic (exact) mass is 428 g/mol. The van der Waals surface area contributed by atoms with E-state index in [4.69, 9.17) is 9.92 Å². The molecule has 2 atom stereocenters. The van der Waals surface area contributed by atoms with Crippen LogP contribution < -0.4 is 10.5 Å². The van der Waals surface area contributed by atoms with Gasteiger partial charge in [0.05, 0.1) is 19.0 Å². The first-order chi connectivity index (χ1) is 14.3. The summed E-state index contributed by atoms with van der Waals surface area (Å²) in [5, 5.41) is 0. The van der Waals surface area contributed by atoms with E-state index < -0.39 is 16.2 Å². The molecule has 2 heterocycles. The van der Waals surface area contributed by atoms with Crippen molar-refractivity contribution in [1.29, 1.82) is 0 Å². The molecule has 1 aromatic carbocycles. The number of imidazole rings is 1. The van der Waals surface area contributed by atoms with Gasteiger partial charge in [-0.1, -0.05) is 30.4 Å². The zero-order chi connectivity index (χ0) is 21.3.